The highest BCUT2D eigenvalue weighted by molar-refractivity contribution is 6.30. The highest BCUT2D eigenvalue weighted by Gasteiger charge is 2.25. The lowest BCUT2D eigenvalue weighted by Crippen LogP contribution is -2.44. The molecule has 0 spiro atoms. The van der Waals surface area contributed by atoms with Crippen LogP contribution in [0.1, 0.15) is 11.6 Å². The molecule has 0 bridgehead atoms. The maximum absolute atomic E-state index is 13.8. The monoisotopic (exact) mass is 246 g/mol. The zero-order valence-corrected chi connectivity index (χ0v) is 9.69. The summed E-state index contributed by atoms with van der Waals surface area (Å²) < 4.78 is 26.8. The molecule has 5 heteroatoms. The number of nitrogens with zero attached hydrogens (tertiary/aromatic N) is 1. The minimum Gasteiger partial charge on any atom is -0.314 e. The van der Waals surface area contributed by atoms with Gasteiger partial charge in [0, 0.05) is 31.2 Å². The average molecular weight is 247 g/mol. The van der Waals surface area contributed by atoms with Crippen molar-refractivity contribution in [1.29, 1.82) is 0 Å². The molecule has 16 heavy (non-hydrogen) atoms. The Bertz CT molecular complexity index is 398. The normalized spacial score (nSPS) is 22.4. The van der Waals surface area contributed by atoms with Crippen molar-refractivity contribution >= 4 is 11.6 Å². The maximum Gasteiger partial charge on any atom is 0.149 e. The standard InChI is InChI=1S/C11H13ClF2N2/c1-16-5-4-15-6-9(16)7-2-3-8(13)10(12)11(7)14/h2-3,9,15H,4-6H2,1H3. The number of halogens is 3. The van der Waals surface area contributed by atoms with Crippen LogP contribution in [0.3, 0.4) is 0 Å². The molecule has 0 amide bonds. The van der Waals surface area contributed by atoms with Gasteiger partial charge in [0.25, 0.3) is 0 Å². The molecule has 2 rings (SSSR count). The Morgan fingerprint density at radius 3 is 2.88 bits per heavy atom. The minimum absolute atomic E-state index is 0.0909. The summed E-state index contributed by atoms with van der Waals surface area (Å²) in [5.41, 5.74) is 0.445. The van der Waals surface area contributed by atoms with Gasteiger partial charge in [0.2, 0.25) is 0 Å². The molecular weight excluding hydrogens is 234 g/mol. The maximum atomic E-state index is 13.8. The van der Waals surface area contributed by atoms with Gasteiger partial charge in [0.05, 0.1) is 0 Å². The molecule has 1 aliphatic rings. The number of benzene rings is 1. The number of hydrogen-bond donors (Lipinski definition) is 1. The van der Waals surface area contributed by atoms with Crippen LogP contribution in [0.5, 0.6) is 0 Å². The van der Waals surface area contributed by atoms with Crippen molar-refractivity contribution < 1.29 is 8.78 Å². The van der Waals surface area contributed by atoms with E-state index in [1.54, 1.807) is 0 Å². The van der Waals surface area contributed by atoms with E-state index in [-0.39, 0.29) is 6.04 Å². The third-order valence-electron chi connectivity index (χ3n) is 2.94. The number of nitrogens with one attached hydrogen (secondary N) is 1. The highest BCUT2D eigenvalue weighted by atomic mass is 35.5. The van der Waals surface area contributed by atoms with Crippen molar-refractivity contribution in [2.24, 2.45) is 0 Å². The molecule has 1 saturated heterocycles. The van der Waals surface area contributed by atoms with Crippen molar-refractivity contribution in [2.45, 2.75) is 6.04 Å². The van der Waals surface area contributed by atoms with Crippen LogP contribution >= 0.6 is 11.6 Å². The van der Waals surface area contributed by atoms with Gasteiger partial charge in [-0.05, 0) is 13.1 Å². The Hall–Kier alpha value is -0.710. The predicted molar refractivity (Wildman–Crippen MR) is 59.6 cm³/mol. The molecule has 1 fully saturated rings. The molecule has 1 N–H and O–H groups in total. The molecule has 2 nitrogen and oxygen atoms in total. The smallest absolute Gasteiger partial charge is 0.149 e. The fourth-order valence-electron chi connectivity index (χ4n) is 1.95. The van der Waals surface area contributed by atoms with Gasteiger partial charge in [-0.1, -0.05) is 17.7 Å². The third-order valence-corrected chi connectivity index (χ3v) is 3.28. The van der Waals surface area contributed by atoms with Crippen LogP contribution in [0.4, 0.5) is 8.78 Å². The number of rotatable bonds is 1. The topological polar surface area (TPSA) is 15.3 Å². The molecule has 1 aromatic carbocycles. The molecule has 0 aliphatic carbocycles. The summed E-state index contributed by atoms with van der Waals surface area (Å²) in [6.07, 6.45) is 0. The van der Waals surface area contributed by atoms with Gasteiger partial charge in [0.15, 0.2) is 0 Å². The molecule has 1 atom stereocenters. The van der Waals surface area contributed by atoms with E-state index < -0.39 is 16.7 Å². The van der Waals surface area contributed by atoms with Crippen LogP contribution in [0.25, 0.3) is 0 Å². The molecule has 1 heterocycles. The second-order valence-corrected chi connectivity index (χ2v) is 4.34. The number of likely N-dealkylation sites (N-methyl/N-ethyl adjacent to an activating group) is 1. The van der Waals surface area contributed by atoms with E-state index in [9.17, 15) is 8.78 Å². The van der Waals surface area contributed by atoms with Crippen molar-refractivity contribution in [3.8, 4) is 0 Å². The van der Waals surface area contributed by atoms with E-state index in [4.69, 9.17) is 11.6 Å². The Kier molecular flexibility index (Phi) is 3.42. The van der Waals surface area contributed by atoms with Crippen molar-refractivity contribution in [2.75, 3.05) is 26.7 Å². The fraction of sp³-hybridized carbons (Fsp3) is 0.455. The molecule has 1 aliphatic heterocycles. The van der Waals surface area contributed by atoms with Gasteiger partial charge in [-0.2, -0.15) is 0 Å². The summed E-state index contributed by atoms with van der Waals surface area (Å²) in [7, 11) is 1.92. The average Bonchev–Trinajstić information content (AvgIpc) is 2.28. The first-order chi connectivity index (χ1) is 7.61. The lowest BCUT2D eigenvalue weighted by atomic mass is 10.0. The Labute approximate surface area is 98.2 Å². The van der Waals surface area contributed by atoms with Crippen LogP contribution in [0, 0.1) is 11.6 Å². The van der Waals surface area contributed by atoms with Crippen LogP contribution < -0.4 is 5.32 Å². The third kappa shape index (κ3) is 2.05. The van der Waals surface area contributed by atoms with E-state index >= 15 is 0 Å². The van der Waals surface area contributed by atoms with E-state index in [1.165, 1.54) is 12.1 Å². The molecule has 88 valence electrons. The summed E-state index contributed by atoms with van der Waals surface area (Å²) in [5, 5.41) is 2.76. The second-order valence-electron chi connectivity index (χ2n) is 3.97. The Balaban J connectivity index is 2.36. The van der Waals surface area contributed by atoms with Gasteiger partial charge in [-0.3, -0.25) is 4.90 Å². The molecule has 0 radical (unpaired) electrons. The van der Waals surface area contributed by atoms with E-state index in [0.29, 0.717) is 12.1 Å². The molecule has 1 unspecified atom stereocenters. The number of piperazine rings is 1. The summed E-state index contributed by atoms with van der Waals surface area (Å²) in [4.78, 5) is 2.03. The van der Waals surface area contributed by atoms with E-state index in [2.05, 4.69) is 5.32 Å². The van der Waals surface area contributed by atoms with Gasteiger partial charge in [-0.25, -0.2) is 8.78 Å². The number of hydrogen-bond acceptors (Lipinski definition) is 2. The summed E-state index contributed by atoms with van der Waals surface area (Å²) in [5.74, 6) is -1.36. The largest absolute Gasteiger partial charge is 0.314 e. The minimum atomic E-state index is -0.714. The second kappa shape index (κ2) is 4.65. The lowest BCUT2D eigenvalue weighted by molar-refractivity contribution is 0.198. The van der Waals surface area contributed by atoms with Gasteiger partial charge >= 0.3 is 0 Å². The van der Waals surface area contributed by atoms with Gasteiger partial charge < -0.3 is 5.32 Å². The zero-order chi connectivity index (χ0) is 11.7. The van der Waals surface area contributed by atoms with Gasteiger partial charge in [0.1, 0.15) is 16.7 Å². The van der Waals surface area contributed by atoms with E-state index in [1.807, 2.05) is 11.9 Å². The van der Waals surface area contributed by atoms with Gasteiger partial charge in [-0.15, -0.1) is 0 Å². The first-order valence-electron chi connectivity index (χ1n) is 5.15. The van der Waals surface area contributed by atoms with Crippen LogP contribution in [-0.4, -0.2) is 31.6 Å². The zero-order valence-electron chi connectivity index (χ0n) is 8.93. The Morgan fingerprint density at radius 1 is 1.44 bits per heavy atom. The summed E-state index contributed by atoms with van der Waals surface area (Å²) in [6.45, 7) is 2.36. The molecule has 1 aromatic rings. The Morgan fingerprint density at radius 2 is 2.19 bits per heavy atom. The summed E-state index contributed by atoms with van der Waals surface area (Å²) >= 11 is 5.56. The predicted octanol–water partition coefficient (Wildman–Crippen LogP) is 2.19. The van der Waals surface area contributed by atoms with Crippen LogP contribution in [0.15, 0.2) is 12.1 Å². The lowest BCUT2D eigenvalue weighted by Gasteiger charge is -2.33. The quantitative estimate of drug-likeness (QED) is 0.765. The molecule has 0 saturated carbocycles. The highest BCUT2D eigenvalue weighted by Crippen LogP contribution is 2.29. The first-order valence-corrected chi connectivity index (χ1v) is 5.53. The van der Waals surface area contributed by atoms with E-state index in [0.717, 1.165) is 13.1 Å². The molecule has 0 aromatic heterocycles. The van der Waals surface area contributed by atoms with Crippen molar-refractivity contribution in [1.82, 2.24) is 10.2 Å². The van der Waals surface area contributed by atoms with Crippen molar-refractivity contribution in [3.05, 3.63) is 34.4 Å². The van der Waals surface area contributed by atoms with Crippen LogP contribution in [-0.2, 0) is 0 Å². The summed E-state index contributed by atoms with van der Waals surface area (Å²) in [6, 6.07) is 2.58. The van der Waals surface area contributed by atoms with Crippen LogP contribution in [0.2, 0.25) is 5.02 Å². The first kappa shape index (κ1) is 11.8. The fourth-order valence-corrected chi connectivity index (χ4v) is 2.12. The molecular formula is C11H13ClF2N2. The SMILES string of the molecule is CN1CCNCC1c1ccc(F)c(Cl)c1F. The van der Waals surface area contributed by atoms with Crippen molar-refractivity contribution in [3.63, 3.8) is 0 Å².